The molecule has 1 aromatic carbocycles. The molecule has 0 saturated carbocycles. The largest absolute Gasteiger partial charge is 0.416 e. The van der Waals surface area contributed by atoms with Gasteiger partial charge in [0.2, 0.25) is 5.91 Å². The molecule has 3 unspecified atom stereocenters. The summed E-state index contributed by atoms with van der Waals surface area (Å²) < 4.78 is 45.8. The minimum absolute atomic E-state index is 0. The van der Waals surface area contributed by atoms with Gasteiger partial charge in [0.05, 0.1) is 11.7 Å². The van der Waals surface area contributed by atoms with E-state index in [0.717, 1.165) is 18.9 Å². The summed E-state index contributed by atoms with van der Waals surface area (Å²) in [6, 6.07) is 5.23. The number of guanidine groups is 1. The van der Waals surface area contributed by atoms with E-state index < -0.39 is 17.7 Å². The Morgan fingerprint density at radius 1 is 1.29 bits per heavy atom. The van der Waals surface area contributed by atoms with E-state index in [1.54, 1.807) is 34.0 Å². The number of aliphatic imine (C=N–C) groups is 1. The SMILES string of the molecule is CC(NC(=NCC(=O)N(C)C)NCC1CCCO1)C(C)c1ccccc1C(F)(F)F.I. The first-order valence-corrected chi connectivity index (χ1v) is 10.1. The second-order valence-electron chi connectivity index (χ2n) is 7.78. The molecule has 0 bridgehead atoms. The van der Waals surface area contributed by atoms with Crippen LogP contribution in [0.2, 0.25) is 0 Å². The maximum Gasteiger partial charge on any atom is 0.416 e. The molecule has 1 aliphatic rings. The zero-order valence-electron chi connectivity index (χ0n) is 18.3. The number of nitrogens with zero attached hydrogens (tertiary/aromatic N) is 2. The van der Waals surface area contributed by atoms with Gasteiger partial charge in [-0.3, -0.25) is 4.79 Å². The van der Waals surface area contributed by atoms with Crippen molar-refractivity contribution in [2.24, 2.45) is 4.99 Å². The van der Waals surface area contributed by atoms with Crippen LogP contribution in [-0.4, -0.2) is 62.7 Å². The highest BCUT2D eigenvalue weighted by Gasteiger charge is 2.35. The molecule has 2 N–H and O–H groups in total. The second-order valence-corrected chi connectivity index (χ2v) is 7.78. The molecule has 0 aromatic heterocycles. The van der Waals surface area contributed by atoms with Crippen LogP contribution in [-0.2, 0) is 15.7 Å². The van der Waals surface area contributed by atoms with Crippen molar-refractivity contribution in [1.82, 2.24) is 15.5 Å². The molecule has 2 rings (SSSR count). The first-order valence-electron chi connectivity index (χ1n) is 10.1. The molecule has 0 spiro atoms. The number of benzene rings is 1. The van der Waals surface area contributed by atoms with Gasteiger partial charge in [-0.2, -0.15) is 13.2 Å². The third-order valence-corrected chi connectivity index (χ3v) is 5.26. The van der Waals surface area contributed by atoms with E-state index in [2.05, 4.69) is 15.6 Å². The van der Waals surface area contributed by atoms with Crippen molar-refractivity contribution in [3.63, 3.8) is 0 Å². The predicted molar refractivity (Wildman–Crippen MR) is 126 cm³/mol. The molecule has 1 aromatic rings. The van der Waals surface area contributed by atoms with Crippen LogP contribution in [0.3, 0.4) is 0 Å². The maximum absolute atomic E-state index is 13.4. The van der Waals surface area contributed by atoms with E-state index >= 15 is 0 Å². The first-order chi connectivity index (χ1) is 14.1. The number of hydrogen-bond acceptors (Lipinski definition) is 3. The van der Waals surface area contributed by atoms with Gasteiger partial charge in [0.1, 0.15) is 6.54 Å². The molecule has 31 heavy (non-hydrogen) atoms. The normalized spacial score (nSPS) is 18.7. The molecule has 1 amide bonds. The van der Waals surface area contributed by atoms with Crippen LogP contribution in [0.4, 0.5) is 13.2 Å². The summed E-state index contributed by atoms with van der Waals surface area (Å²) in [6.07, 6.45) is -2.44. The summed E-state index contributed by atoms with van der Waals surface area (Å²) in [7, 11) is 3.28. The van der Waals surface area contributed by atoms with Gasteiger partial charge in [-0.15, -0.1) is 24.0 Å². The molecule has 1 fully saturated rings. The molecule has 6 nitrogen and oxygen atoms in total. The third kappa shape index (κ3) is 8.47. The Hall–Kier alpha value is -1.56. The Labute approximate surface area is 199 Å². The van der Waals surface area contributed by atoms with Crippen molar-refractivity contribution in [2.45, 2.75) is 50.9 Å². The molecular formula is C21H32F3IN4O2. The molecule has 1 saturated heterocycles. The number of likely N-dealkylation sites (N-methyl/N-ethyl adjacent to an activating group) is 1. The Balaban J connectivity index is 0.00000480. The molecule has 176 valence electrons. The molecule has 10 heteroatoms. The number of amides is 1. The van der Waals surface area contributed by atoms with Gasteiger partial charge in [-0.1, -0.05) is 25.1 Å². The summed E-state index contributed by atoms with van der Waals surface area (Å²) >= 11 is 0. The number of alkyl halides is 3. The van der Waals surface area contributed by atoms with Crippen LogP contribution in [0.25, 0.3) is 0 Å². The van der Waals surface area contributed by atoms with Crippen molar-refractivity contribution in [3.8, 4) is 0 Å². The van der Waals surface area contributed by atoms with Gasteiger partial charge in [0.25, 0.3) is 0 Å². The zero-order chi connectivity index (χ0) is 22.3. The van der Waals surface area contributed by atoms with Crippen molar-refractivity contribution in [3.05, 3.63) is 35.4 Å². The fraction of sp³-hybridized carbons (Fsp3) is 0.619. The Morgan fingerprint density at radius 3 is 2.55 bits per heavy atom. The van der Waals surface area contributed by atoms with Gasteiger partial charge in [-0.25, -0.2) is 4.99 Å². The van der Waals surface area contributed by atoms with Gasteiger partial charge in [0.15, 0.2) is 5.96 Å². The lowest BCUT2D eigenvalue weighted by Crippen LogP contribution is -2.47. The molecule has 0 radical (unpaired) electrons. The van der Waals surface area contributed by atoms with E-state index in [4.69, 9.17) is 4.74 Å². The Morgan fingerprint density at radius 2 is 1.97 bits per heavy atom. The molecule has 3 atom stereocenters. The summed E-state index contributed by atoms with van der Waals surface area (Å²) in [4.78, 5) is 17.7. The van der Waals surface area contributed by atoms with Gasteiger partial charge in [0, 0.05) is 39.2 Å². The number of ether oxygens (including phenoxy) is 1. The number of hydrogen-bond donors (Lipinski definition) is 2. The van der Waals surface area contributed by atoms with Crippen molar-refractivity contribution < 1.29 is 22.7 Å². The quantitative estimate of drug-likeness (QED) is 0.306. The number of halogens is 4. The predicted octanol–water partition coefficient (Wildman–Crippen LogP) is 3.62. The lowest BCUT2D eigenvalue weighted by Gasteiger charge is -2.27. The Bertz CT molecular complexity index is 738. The minimum Gasteiger partial charge on any atom is -0.376 e. The lowest BCUT2D eigenvalue weighted by molar-refractivity contribution is -0.138. The molecular weight excluding hydrogens is 524 g/mol. The third-order valence-electron chi connectivity index (χ3n) is 5.26. The van der Waals surface area contributed by atoms with Crippen LogP contribution in [0, 0.1) is 0 Å². The highest BCUT2D eigenvalue weighted by molar-refractivity contribution is 14.0. The molecule has 1 aliphatic heterocycles. The monoisotopic (exact) mass is 556 g/mol. The Kier molecular flexibility index (Phi) is 11.1. The zero-order valence-corrected chi connectivity index (χ0v) is 20.7. The van der Waals surface area contributed by atoms with Gasteiger partial charge < -0.3 is 20.3 Å². The van der Waals surface area contributed by atoms with Crippen molar-refractivity contribution >= 4 is 35.8 Å². The summed E-state index contributed by atoms with van der Waals surface area (Å²) in [5.74, 6) is -0.233. The summed E-state index contributed by atoms with van der Waals surface area (Å²) in [5.41, 5.74) is -0.424. The average molecular weight is 556 g/mol. The van der Waals surface area contributed by atoms with Crippen LogP contribution in [0.15, 0.2) is 29.3 Å². The van der Waals surface area contributed by atoms with E-state index in [0.29, 0.717) is 19.1 Å². The first kappa shape index (κ1) is 27.5. The maximum atomic E-state index is 13.4. The smallest absolute Gasteiger partial charge is 0.376 e. The topological polar surface area (TPSA) is 66.0 Å². The lowest BCUT2D eigenvalue weighted by atomic mass is 9.90. The number of nitrogens with one attached hydrogen (secondary N) is 2. The minimum atomic E-state index is -4.42. The van der Waals surface area contributed by atoms with Crippen molar-refractivity contribution in [2.75, 3.05) is 33.8 Å². The summed E-state index contributed by atoms with van der Waals surface area (Å²) in [6.45, 7) is 4.71. The van der Waals surface area contributed by atoms with E-state index in [1.807, 2.05) is 0 Å². The fourth-order valence-corrected chi connectivity index (χ4v) is 3.22. The second kappa shape index (κ2) is 12.5. The van der Waals surface area contributed by atoms with Crippen LogP contribution < -0.4 is 10.6 Å². The highest BCUT2D eigenvalue weighted by atomic mass is 127. The standard InChI is InChI=1S/C21H31F3N4O2.HI/c1-14(17-9-5-6-10-18(17)21(22,23)24)15(2)27-20(26-13-19(29)28(3)4)25-12-16-8-7-11-30-16;/h5-6,9-10,14-16H,7-8,11-13H2,1-4H3,(H2,25,26,27);1H. The van der Waals surface area contributed by atoms with Crippen LogP contribution in [0.1, 0.15) is 43.7 Å². The number of carbonyl (C=O) groups is 1. The van der Waals surface area contributed by atoms with Crippen LogP contribution >= 0.6 is 24.0 Å². The van der Waals surface area contributed by atoms with E-state index in [-0.39, 0.29) is 54.1 Å². The molecule has 1 heterocycles. The van der Waals surface area contributed by atoms with Crippen molar-refractivity contribution in [1.29, 1.82) is 0 Å². The van der Waals surface area contributed by atoms with Gasteiger partial charge in [-0.05, 0) is 31.4 Å². The summed E-state index contributed by atoms with van der Waals surface area (Å²) in [5, 5.41) is 6.32. The van der Waals surface area contributed by atoms with E-state index in [1.165, 1.54) is 17.0 Å². The number of carbonyl (C=O) groups excluding carboxylic acids is 1. The fourth-order valence-electron chi connectivity index (χ4n) is 3.22. The average Bonchev–Trinajstić information content (AvgIpc) is 3.21. The van der Waals surface area contributed by atoms with Crippen LogP contribution in [0.5, 0.6) is 0 Å². The van der Waals surface area contributed by atoms with Gasteiger partial charge >= 0.3 is 6.18 Å². The highest BCUT2D eigenvalue weighted by Crippen LogP contribution is 2.35. The molecule has 0 aliphatic carbocycles. The van der Waals surface area contributed by atoms with E-state index in [9.17, 15) is 18.0 Å². The number of rotatable bonds is 7.